The minimum absolute atomic E-state index is 0.208. The van der Waals surface area contributed by atoms with Crippen LogP contribution < -0.4 is 4.74 Å². The summed E-state index contributed by atoms with van der Waals surface area (Å²) in [6.07, 6.45) is 4.44. The third-order valence-electron chi connectivity index (χ3n) is 2.95. The van der Waals surface area contributed by atoms with Crippen molar-refractivity contribution < 1.29 is 9.84 Å². The number of benzene rings is 1. The fraction of sp³-hybridized carbons (Fsp3) is 0.143. The summed E-state index contributed by atoms with van der Waals surface area (Å²) in [5.41, 5.74) is 0.698. The van der Waals surface area contributed by atoms with Gasteiger partial charge in [0.25, 0.3) is 5.95 Å². The molecule has 0 atom stereocenters. The number of halogens is 2. The zero-order valence-electron chi connectivity index (χ0n) is 11.7. The smallest absolute Gasteiger partial charge is 0.252 e. The molecule has 2 aromatic heterocycles. The third-order valence-corrected chi connectivity index (χ3v) is 3.65. The minimum atomic E-state index is -0.243. The Morgan fingerprint density at radius 3 is 2.39 bits per heavy atom. The normalized spacial score (nSPS) is 10.7. The molecule has 9 heteroatoms. The van der Waals surface area contributed by atoms with Crippen molar-refractivity contribution in [2.75, 3.05) is 0 Å². The van der Waals surface area contributed by atoms with Gasteiger partial charge in [0.05, 0.1) is 12.4 Å². The highest BCUT2D eigenvalue weighted by molar-refractivity contribution is 6.35. The lowest BCUT2D eigenvalue weighted by atomic mass is 10.2. The molecule has 0 bridgehead atoms. The van der Waals surface area contributed by atoms with E-state index in [4.69, 9.17) is 33.0 Å². The fourth-order valence-electron chi connectivity index (χ4n) is 1.79. The van der Waals surface area contributed by atoms with E-state index in [1.54, 1.807) is 18.2 Å². The molecule has 0 radical (unpaired) electrons. The number of aromatic nitrogens is 5. The standard InChI is InChI=1S/C14H11Cl2N5O2/c15-11-2-1-3-12(16)10(11)7-23-9-4-17-14(18-5-9)21-8-19-13(6-22)20-21/h1-5,8,22H,6-7H2. The lowest BCUT2D eigenvalue weighted by molar-refractivity contribution is 0.271. The lowest BCUT2D eigenvalue weighted by Crippen LogP contribution is -2.03. The second-order valence-electron chi connectivity index (χ2n) is 4.47. The summed E-state index contributed by atoms with van der Waals surface area (Å²) >= 11 is 12.2. The molecule has 1 N–H and O–H groups in total. The molecule has 3 rings (SSSR count). The predicted octanol–water partition coefficient (Wildman–Crippen LogP) is 2.44. The van der Waals surface area contributed by atoms with Crippen molar-refractivity contribution in [1.82, 2.24) is 24.7 Å². The van der Waals surface area contributed by atoms with Gasteiger partial charge in [0.1, 0.15) is 19.5 Å². The largest absolute Gasteiger partial charge is 0.486 e. The van der Waals surface area contributed by atoms with Gasteiger partial charge in [-0.15, -0.1) is 5.10 Å². The first-order valence-corrected chi connectivity index (χ1v) is 7.32. The monoisotopic (exact) mass is 351 g/mol. The molecule has 0 fully saturated rings. The van der Waals surface area contributed by atoms with Crippen LogP contribution >= 0.6 is 23.2 Å². The minimum Gasteiger partial charge on any atom is -0.486 e. The summed E-state index contributed by atoms with van der Waals surface area (Å²) in [6, 6.07) is 5.26. The van der Waals surface area contributed by atoms with E-state index in [0.717, 1.165) is 0 Å². The van der Waals surface area contributed by atoms with E-state index in [2.05, 4.69) is 20.1 Å². The Kier molecular flexibility index (Phi) is 4.71. The van der Waals surface area contributed by atoms with Crippen LogP contribution in [0.25, 0.3) is 5.95 Å². The third kappa shape index (κ3) is 3.58. The van der Waals surface area contributed by atoms with Gasteiger partial charge in [-0.05, 0) is 12.1 Å². The average Bonchev–Trinajstić information content (AvgIpc) is 3.04. The molecule has 118 valence electrons. The summed E-state index contributed by atoms with van der Waals surface area (Å²) in [5, 5.41) is 14.0. The van der Waals surface area contributed by atoms with Gasteiger partial charge >= 0.3 is 0 Å². The molecule has 7 nitrogen and oxygen atoms in total. The van der Waals surface area contributed by atoms with Crippen LogP contribution in [0.5, 0.6) is 5.75 Å². The highest BCUT2D eigenvalue weighted by atomic mass is 35.5. The number of aliphatic hydroxyl groups is 1. The van der Waals surface area contributed by atoms with Gasteiger partial charge in [0.2, 0.25) is 0 Å². The maximum atomic E-state index is 8.94. The van der Waals surface area contributed by atoms with Gasteiger partial charge < -0.3 is 9.84 Å². The Morgan fingerprint density at radius 1 is 1.09 bits per heavy atom. The highest BCUT2D eigenvalue weighted by Crippen LogP contribution is 2.25. The quantitative estimate of drug-likeness (QED) is 0.759. The van der Waals surface area contributed by atoms with Crippen LogP contribution in [0.15, 0.2) is 36.9 Å². The number of aliphatic hydroxyl groups excluding tert-OH is 1. The van der Waals surface area contributed by atoms with E-state index in [1.165, 1.54) is 23.4 Å². The van der Waals surface area contributed by atoms with Gasteiger partial charge in [-0.2, -0.15) is 4.68 Å². The summed E-state index contributed by atoms with van der Waals surface area (Å²) in [5.74, 6) is 1.08. The lowest BCUT2D eigenvalue weighted by Gasteiger charge is -2.09. The molecule has 0 spiro atoms. The number of hydrogen-bond donors (Lipinski definition) is 1. The first kappa shape index (κ1) is 15.7. The van der Waals surface area contributed by atoms with E-state index in [0.29, 0.717) is 33.1 Å². The van der Waals surface area contributed by atoms with Crippen LogP contribution in [0, 0.1) is 0 Å². The Labute approximate surface area is 141 Å². The first-order valence-electron chi connectivity index (χ1n) is 6.57. The van der Waals surface area contributed by atoms with E-state index in [1.807, 2.05) is 0 Å². The SMILES string of the molecule is OCc1ncn(-c2ncc(OCc3c(Cl)cccc3Cl)cn2)n1. The van der Waals surface area contributed by atoms with Crippen molar-refractivity contribution in [3.63, 3.8) is 0 Å². The number of rotatable bonds is 5. The molecule has 3 aromatic rings. The van der Waals surface area contributed by atoms with Crippen molar-refractivity contribution >= 4 is 23.2 Å². The van der Waals surface area contributed by atoms with Gasteiger partial charge in [-0.25, -0.2) is 15.0 Å². The van der Waals surface area contributed by atoms with Gasteiger partial charge in [0, 0.05) is 15.6 Å². The molecule has 1 aromatic carbocycles. The maximum Gasteiger partial charge on any atom is 0.252 e. The average molecular weight is 352 g/mol. The second-order valence-corrected chi connectivity index (χ2v) is 5.29. The van der Waals surface area contributed by atoms with Gasteiger partial charge in [0.15, 0.2) is 11.6 Å². The van der Waals surface area contributed by atoms with E-state index >= 15 is 0 Å². The Bertz CT molecular complexity index is 787. The van der Waals surface area contributed by atoms with Crippen molar-refractivity contribution in [2.24, 2.45) is 0 Å². The van der Waals surface area contributed by atoms with Crippen LogP contribution in [0.2, 0.25) is 10.0 Å². The van der Waals surface area contributed by atoms with Crippen LogP contribution in [0.4, 0.5) is 0 Å². The van der Waals surface area contributed by atoms with Crippen molar-refractivity contribution in [3.05, 3.63) is 58.4 Å². The van der Waals surface area contributed by atoms with Crippen molar-refractivity contribution in [3.8, 4) is 11.7 Å². The number of ether oxygens (including phenoxy) is 1. The van der Waals surface area contributed by atoms with E-state index in [-0.39, 0.29) is 13.2 Å². The molecule has 0 unspecified atom stereocenters. The van der Waals surface area contributed by atoms with Gasteiger partial charge in [-0.1, -0.05) is 29.3 Å². The molecule has 0 aliphatic heterocycles. The van der Waals surface area contributed by atoms with Crippen molar-refractivity contribution in [2.45, 2.75) is 13.2 Å². The predicted molar refractivity (Wildman–Crippen MR) is 83.7 cm³/mol. The van der Waals surface area contributed by atoms with Crippen LogP contribution in [-0.2, 0) is 13.2 Å². The Hall–Kier alpha value is -2.22. The van der Waals surface area contributed by atoms with Crippen LogP contribution in [0.1, 0.15) is 11.4 Å². The summed E-state index contributed by atoms with van der Waals surface area (Å²) < 4.78 is 6.95. The van der Waals surface area contributed by atoms with E-state index in [9.17, 15) is 0 Å². The number of nitrogens with zero attached hydrogens (tertiary/aromatic N) is 5. The summed E-state index contributed by atoms with van der Waals surface area (Å²) in [7, 11) is 0. The molecule has 2 heterocycles. The maximum absolute atomic E-state index is 8.94. The highest BCUT2D eigenvalue weighted by Gasteiger charge is 2.08. The molecule has 0 amide bonds. The van der Waals surface area contributed by atoms with Crippen molar-refractivity contribution in [1.29, 1.82) is 0 Å². The Balaban J connectivity index is 1.70. The molecule has 0 aliphatic carbocycles. The van der Waals surface area contributed by atoms with Gasteiger partial charge in [-0.3, -0.25) is 0 Å². The van der Waals surface area contributed by atoms with Crippen LogP contribution in [-0.4, -0.2) is 29.8 Å². The molecule has 23 heavy (non-hydrogen) atoms. The molecule has 0 saturated carbocycles. The number of hydrogen-bond acceptors (Lipinski definition) is 6. The molecule has 0 saturated heterocycles. The van der Waals surface area contributed by atoms with Crippen LogP contribution in [0.3, 0.4) is 0 Å². The topological polar surface area (TPSA) is 86.0 Å². The summed E-state index contributed by atoms with van der Waals surface area (Å²) in [6.45, 7) is -0.0357. The second kappa shape index (κ2) is 6.91. The molecular formula is C14H11Cl2N5O2. The molecule has 0 aliphatic rings. The summed E-state index contributed by atoms with van der Waals surface area (Å²) in [4.78, 5) is 12.2. The fourth-order valence-corrected chi connectivity index (χ4v) is 2.30. The van der Waals surface area contributed by atoms with E-state index < -0.39 is 0 Å². The Morgan fingerprint density at radius 2 is 1.78 bits per heavy atom. The zero-order chi connectivity index (χ0) is 16.2. The first-order chi connectivity index (χ1) is 11.2. The zero-order valence-corrected chi connectivity index (χ0v) is 13.2. The molecular weight excluding hydrogens is 341 g/mol.